The van der Waals surface area contributed by atoms with Crippen molar-refractivity contribution in [3.63, 3.8) is 0 Å². The summed E-state index contributed by atoms with van der Waals surface area (Å²) in [6, 6.07) is 7.60. The summed E-state index contributed by atoms with van der Waals surface area (Å²) in [5.74, 6) is -0.126. The molecule has 0 aliphatic carbocycles. The van der Waals surface area contributed by atoms with Gasteiger partial charge < -0.3 is 15.3 Å². The first-order valence-corrected chi connectivity index (χ1v) is 7.13. The molecule has 0 aromatic heterocycles. The highest BCUT2D eigenvalue weighted by molar-refractivity contribution is 5.94. The molecular weight excluding hydrogens is 252 g/mol. The number of hydrogen-bond acceptors (Lipinski definition) is 3. The van der Waals surface area contributed by atoms with Crippen molar-refractivity contribution >= 4 is 5.91 Å². The number of nitrogens with one attached hydrogen (secondary N) is 1. The molecule has 20 heavy (non-hydrogen) atoms. The van der Waals surface area contributed by atoms with E-state index in [4.69, 9.17) is 0 Å². The van der Waals surface area contributed by atoms with Crippen molar-refractivity contribution in [2.24, 2.45) is 0 Å². The van der Waals surface area contributed by atoms with Crippen LogP contribution >= 0.6 is 0 Å². The minimum Gasteiger partial charge on any atom is -0.394 e. The van der Waals surface area contributed by atoms with Crippen LogP contribution in [0.3, 0.4) is 0 Å². The highest BCUT2D eigenvalue weighted by Crippen LogP contribution is 2.15. The molecule has 0 fully saturated rings. The molecule has 0 spiro atoms. The number of aliphatic hydroxyl groups excluding tert-OH is 1. The summed E-state index contributed by atoms with van der Waals surface area (Å²) >= 11 is 0. The molecule has 0 saturated carbocycles. The lowest BCUT2D eigenvalue weighted by atomic mass is 9.93. The second-order valence-corrected chi connectivity index (χ2v) is 5.53. The van der Waals surface area contributed by atoms with Crippen LogP contribution in [0, 0.1) is 0 Å². The van der Waals surface area contributed by atoms with Crippen LogP contribution in [-0.2, 0) is 6.54 Å². The Morgan fingerprint density at radius 3 is 2.15 bits per heavy atom. The third-order valence-electron chi connectivity index (χ3n) is 3.75. The van der Waals surface area contributed by atoms with E-state index in [-0.39, 0.29) is 12.5 Å². The Morgan fingerprint density at radius 1 is 1.20 bits per heavy atom. The summed E-state index contributed by atoms with van der Waals surface area (Å²) in [7, 11) is 4.03. The van der Waals surface area contributed by atoms with Crippen LogP contribution < -0.4 is 5.32 Å². The highest BCUT2D eigenvalue weighted by atomic mass is 16.3. The highest BCUT2D eigenvalue weighted by Gasteiger charge is 2.27. The van der Waals surface area contributed by atoms with E-state index < -0.39 is 5.54 Å². The van der Waals surface area contributed by atoms with E-state index in [9.17, 15) is 9.90 Å². The van der Waals surface area contributed by atoms with Crippen LogP contribution in [-0.4, -0.2) is 42.2 Å². The van der Waals surface area contributed by atoms with E-state index in [0.717, 1.165) is 6.54 Å². The lowest BCUT2D eigenvalue weighted by Gasteiger charge is -2.30. The van der Waals surface area contributed by atoms with Gasteiger partial charge in [-0.1, -0.05) is 26.0 Å². The number of aliphatic hydroxyl groups is 1. The number of carbonyl (C=O) groups excluding carboxylic acids is 1. The Morgan fingerprint density at radius 2 is 1.75 bits per heavy atom. The van der Waals surface area contributed by atoms with E-state index in [0.29, 0.717) is 18.4 Å². The van der Waals surface area contributed by atoms with E-state index >= 15 is 0 Å². The number of nitrogens with zero attached hydrogens (tertiary/aromatic N) is 1. The predicted molar refractivity (Wildman–Crippen MR) is 81.7 cm³/mol. The fourth-order valence-corrected chi connectivity index (χ4v) is 2.13. The van der Waals surface area contributed by atoms with Gasteiger partial charge in [0.2, 0.25) is 0 Å². The fourth-order valence-electron chi connectivity index (χ4n) is 2.13. The molecule has 0 aliphatic rings. The molecule has 0 saturated heterocycles. The van der Waals surface area contributed by atoms with E-state index in [1.165, 1.54) is 5.56 Å². The Labute approximate surface area is 121 Å². The van der Waals surface area contributed by atoms with Crippen molar-refractivity contribution in [3.05, 3.63) is 35.4 Å². The first kappa shape index (κ1) is 16.7. The van der Waals surface area contributed by atoms with Gasteiger partial charge in [-0.05, 0) is 44.6 Å². The molecule has 0 aliphatic heterocycles. The van der Waals surface area contributed by atoms with Crippen LogP contribution in [0.5, 0.6) is 0 Å². The van der Waals surface area contributed by atoms with Gasteiger partial charge in [0.25, 0.3) is 5.91 Å². The number of rotatable bonds is 7. The summed E-state index contributed by atoms with van der Waals surface area (Å²) in [5, 5.41) is 12.5. The molecule has 0 heterocycles. The van der Waals surface area contributed by atoms with Gasteiger partial charge in [-0.15, -0.1) is 0 Å². The Kier molecular flexibility index (Phi) is 6.17. The maximum absolute atomic E-state index is 12.2. The first-order chi connectivity index (χ1) is 9.46. The molecule has 4 nitrogen and oxygen atoms in total. The molecule has 1 rings (SSSR count). The van der Waals surface area contributed by atoms with Crippen LogP contribution in [0.25, 0.3) is 0 Å². The third-order valence-corrected chi connectivity index (χ3v) is 3.75. The molecule has 0 bridgehead atoms. The second kappa shape index (κ2) is 7.41. The molecule has 112 valence electrons. The monoisotopic (exact) mass is 278 g/mol. The van der Waals surface area contributed by atoms with Crippen molar-refractivity contribution in [2.45, 2.75) is 38.8 Å². The lowest BCUT2D eigenvalue weighted by molar-refractivity contribution is 0.0818. The maximum atomic E-state index is 12.2. The van der Waals surface area contributed by atoms with Gasteiger partial charge >= 0.3 is 0 Å². The summed E-state index contributed by atoms with van der Waals surface area (Å²) in [6.45, 7) is 4.76. The van der Waals surface area contributed by atoms with Gasteiger partial charge in [-0.2, -0.15) is 0 Å². The normalized spacial score (nSPS) is 11.7. The molecular formula is C16H26N2O2. The van der Waals surface area contributed by atoms with Gasteiger partial charge in [0.1, 0.15) is 0 Å². The zero-order chi connectivity index (χ0) is 15.2. The Bertz CT molecular complexity index is 414. The largest absolute Gasteiger partial charge is 0.394 e. The smallest absolute Gasteiger partial charge is 0.251 e. The van der Waals surface area contributed by atoms with Gasteiger partial charge in [0.15, 0.2) is 0 Å². The molecule has 1 aromatic carbocycles. The van der Waals surface area contributed by atoms with Crippen molar-refractivity contribution < 1.29 is 9.90 Å². The molecule has 1 aromatic rings. The third kappa shape index (κ3) is 4.32. The zero-order valence-electron chi connectivity index (χ0n) is 12.9. The van der Waals surface area contributed by atoms with Crippen LogP contribution in [0.4, 0.5) is 0 Å². The standard InChI is InChI=1S/C16H26N2O2/c1-5-16(6-2,12-19)17-15(20)14-9-7-13(8-10-14)11-18(3)4/h7-10,19H,5-6,11-12H2,1-4H3,(H,17,20). The number of carbonyl (C=O) groups is 1. The number of hydrogen-bond donors (Lipinski definition) is 2. The average Bonchev–Trinajstić information content (AvgIpc) is 2.45. The average molecular weight is 278 g/mol. The topological polar surface area (TPSA) is 52.6 Å². The summed E-state index contributed by atoms with van der Waals surface area (Å²) < 4.78 is 0. The first-order valence-electron chi connectivity index (χ1n) is 7.13. The van der Waals surface area contributed by atoms with Crippen LogP contribution in [0.15, 0.2) is 24.3 Å². The van der Waals surface area contributed by atoms with Crippen molar-refractivity contribution in [3.8, 4) is 0 Å². The summed E-state index contributed by atoms with van der Waals surface area (Å²) in [5.41, 5.74) is 1.29. The summed E-state index contributed by atoms with van der Waals surface area (Å²) in [4.78, 5) is 14.3. The van der Waals surface area contributed by atoms with E-state index in [1.807, 2.05) is 52.2 Å². The number of amides is 1. The van der Waals surface area contributed by atoms with Gasteiger partial charge in [0.05, 0.1) is 12.1 Å². The molecule has 0 atom stereocenters. The Balaban J connectivity index is 2.77. The zero-order valence-corrected chi connectivity index (χ0v) is 12.9. The van der Waals surface area contributed by atoms with E-state index in [2.05, 4.69) is 10.2 Å². The molecule has 2 N–H and O–H groups in total. The summed E-state index contributed by atoms with van der Waals surface area (Å²) in [6.07, 6.45) is 1.43. The van der Waals surface area contributed by atoms with Crippen molar-refractivity contribution in [2.75, 3.05) is 20.7 Å². The van der Waals surface area contributed by atoms with Gasteiger partial charge in [-0.25, -0.2) is 0 Å². The SMILES string of the molecule is CCC(CC)(CO)NC(=O)c1ccc(CN(C)C)cc1. The van der Waals surface area contributed by atoms with Gasteiger partial charge in [-0.3, -0.25) is 4.79 Å². The molecule has 1 amide bonds. The quantitative estimate of drug-likeness (QED) is 0.802. The number of benzene rings is 1. The fraction of sp³-hybridized carbons (Fsp3) is 0.562. The molecule has 0 radical (unpaired) electrons. The minimum absolute atomic E-state index is 0.0372. The lowest BCUT2D eigenvalue weighted by Crippen LogP contribution is -2.50. The maximum Gasteiger partial charge on any atom is 0.251 e. The van der Waals surface area contributed by atoms with Crippen LogP contribution in [0.2, 0.25) is 0 Å². The minimum atomic E-state index is -0.514. The van der Waals surface area contributed by atoms with E-state index in [1.54, 1.807) is 0 Å². The molecule has 4 heteroatoms. The second-order valence-electron chi connectivity index (χ2n) is 5.53. The molecule has 0 unspecified atom stereocenters. The van der Waals surface area contributed by atoms with Crippen LogP contribution in [0.1, 0.15) is 42.6 Å². The Hall–Kier alpha value is -1.39. The van der Waals surface area contributed by atoms with Crippen molar-refractivity contribution in [1.29, 1.82) is 0 Å². The van der Waals surface area contributed by atoms with Gasteiger partial charge in [0, 0.05) is 12.1 Å². The van der Waals surface area contributed by atoms with Crippen molar-refractivity contribution in [1.82, 2.24) is 10.2 Å². The predicted octanol–water partition coefficient (Wildman–Crippen LogP) is 2.03.